The Morgan fingerprint density at radius 1 is 0.815 bits per heavy atom. The van der Waals surface area contributed by atoms with E-state index in [-0.39, 0.29) is 9.92 Å². The summed E-state index contributed by atoms with van der Waals surface area (Å²) in [6.07, 6.45) is 0.392. The number of benzene rings is 2. The number of aromatic nitrogens is 2. The van der Waals surface area contributed by atoms with Crippen molar-refractivity contribution >= 4 is 9.84 Å². The number of hydrogen-bond donors (Lipinski definition) is 0. The minimum atomic E-state index is -3.78. The Morgan fingerprint density at radius 2 is 1.33 bits per heavy atom. The average molecular weight is 387 g/mol. The molecule has 0 bridgehead atoms. The molecule has 0 N–H and O–H groups in total. The van der Waals surface area contributed by atoms with E-state index in [1.54, 1.807) is 18.2 Å². The van der Waals surface area contributed by atoms with Crippen LogP contribution in [-0.4, -0.2) is 13.5 Å². The third kappa shape index (κ3) is 5.89. The van der Waals surface area contributed by atoms with E-state index in [0.29, 0.717) is 17.0 Å². The van der Waals surface area contributed by atoms with Gasteiger partial charge in [-0.25, -0.2) is 8.42 Å². The van der Waals surface area contributed by atoms with E-state index >= 15 is 0 Å². The van der Waals surface area contributed by atoms with Gasteiger partial charge in [0.25, 0.3) is 0 Å². The quantitative estimate of drug-likeness (QED) is 0.498. The van der Waals surface area contributed by atoms with Crippen LogP contribution in [0.2, 0.25) is 0 Å². The molecule has 144 valence electrons. The van der Waals surface area contributed by atoms with E-state index in [4.69, 9.17) is 0 Å². The predicted molar refractivity (Wildman–Crippen MR) is 107 cm³/mol. The summed E-state index contributed by atoms with van der Waals surface area (Å²) in [6, 6.07) is 20.3. The van der Waals surface area contributed by atoms with E-state index < -0.39 is 9.84 Å². The summed E-state index contributed by atoms with van der Waals surface area (Å²) >= 11 is 0. The van der Waals surface area contributed by atoms with Crippen molar-refractivity contribution in [2.75, 3.05) is 0 Å². The summed E-state index contributed by atoms with van der Waals surface area (Å²) in [5, 5.41) is 15.5. The van der Waals surface area contributed by atoms with Crippen LogP contribution in [0.15, 0.2) is 82.7 Å². The monoisotopic (exact) mass is 386 g/mol. The van der Waals surface area contributed by atoms with Crippen molar-refractivity contribution in [2.24, 2.45) is 0 Å². The lowest BCUT2D eigenvalue weighted by molar-refractivity contribution is -0.680. The van der Waals surface area contributed by atoms with Crippen molar-refractivity contribution < 1.29 is 13.3 Å². The normalized spacial score (nSPS) is 10.1. The van der Waals surface area contributed by atoms with Crippen LogP contribution in [-0.2, 0) is 16.3 Å². The lowest BCUT2D eigenvalue weighted by Crippen LogP contribution is -2.37. The summed E-state index contributed by atoms with van der Waals surface area (Å²) in [5.41, 5.74) is 1.35. The van der Waals surface area contributed by atoms with Gasteiger partial charge in [-0.3, -0.25) is 0 Å². The van der Waals surface area contributed by atoms with E-state index in [1.807, 2.05) is 58.0 Å². The van der Waals surface area contributed by atoms with Gasteiger partial charge in [-0.15, -0.1) is 0 Å². The molecule has 0 saturated carbocycles. The van der Waals surface area contributed by atoms with Gasteiger partial charge in [-0.2, -0.15) is 0 Å². The first-order valence-corrected chi connectivity index (χ1v) is 10.5. The lowest BCUT2D eigenvalue weighted by Gasteiger charge is -2.05. The van der Waals surface area contributed by atoms with Gasteiger partial charge in [-0.05, 0) is 23.8 Å². The van der Waals surface area contributed by atoms with E-state index in [1.165, 1.54) is 24.3 Å². The zero-order valence-corrected chi connectivity index (χ0v) is 17.0. The topological polar surface area (TPSA) is 74.0 Å². The van der Waals surface area contributed by atoms with Crippen molar-refractivity contribution in [3.63, 3.8) is 0 Å². The molecule has 27 heavy (non-hydrogen) atoms. The molecule has 0 radical (unpaired) electrons. The lowest BCUT2D eigenvalue weighted by atomic mass is 10.1. The van der Waals surface area contributed by atoms with Gasteiger partial charge in [0.15, 0.2) is 0 Å². The highest BCUT2D eigenvalue weighted by molar-refractivity contribution is 7.91. The van der Waals surface area contributed by atoms with Crippen LogP contribution in [0, 0.1) is 5.21 Å². The fourth-order valence-electron chi connectivity index (χ4n) is 2.21. The first-order chi connectivity index (χ1) is 13.1. The summed E-state index contributed by atoms with van der Waals surface area (Å²) < 4.78 is 24.9. The molecular weight excluding hydrogens is 360 g/mol. The van der Waals surface area contributed by atoms with Gasteiger partial charge in [0.05, 0.1) is 11.3 Å². The molecule has 3 rings (SSSR count). The molecule has 0 amide bonds. The Labute approximate surface area is 161 Å². The largest absolute Gasteiger partial charge is 0.594 e. The van der Waals surface area contributed by atoms with Crippen molar-refractivity contribution in [1.82, 2.24) is 5.10 Å². The fourth-order valence-corrected chi connectivity index (χ4v) is 3.40. The summed E-state index contributed by atoms with van der Waals surface area (Å²) in [4.78, 5) is 0.492. The maximum absolute atomic E-state index is 12.4. The molecule has 1 aromatic heterocycles. The molecular formula is C21H26N2O3S. The van der Waals surface area contributed by atoms with Crippen LogP contribution in [0.1, 0.15) is 39.0 Å². The minimum absolute atomic E-state index is 0.114. The van der Waals surface area contributed by atoms with Crippen LogP contribution < -0.4 is 4.85 Å². The molecule has 2 aromatic carbocycles. The smallest absolute Gasteiger partial charge is 0.229 e. The third-order valence-corrected chi connectivity index (χ3v) is 5.07. The number of nitrogens with zero attached hydrogens (tertiary/aromatic N) is 2. The van der Waals surface area contributed by atoms with E-state index in [0.717, 1.165) is 5.56 Å². The van der Waals surface area contributed by atoms with E-state index in [9.17, 15) is 13.6 Å². The van der Waals surface area contributed by atoms with Crippen molar-refractivity contribution in [1.29, 1.82) is 0 Å². The summed E-state index contributed by atoms with van der Waals surface area (Å²) in [6.45, 7) is 8.00. The number of sulfone groups is 1. The molecule has 0 aliphatic rings. The SMILES string of the molecule is CC.CC.O=S(=O)(c1ccccc1)c1ccc(Cc2ccccc2)[n+]([O-])n1. The van der Waals surface area contributed by atoms with E-state index in [2.05, 4.69) is 5.10 Å². The maximum Gasteiger partial charge on any atom is 0.229 e. The Bertz CT molecular complexity index is 913. The van der Waals surface area contributed by atoms with Crippen molar-refractivity contribution in [2.45, 2.75) is 44.0 Å². The molecule has 0 aliphatic carbocycles. The van der Waals surface area contributed by atoms with Crippen molar-refractivity contribution in [3.8, 4) is 0 Å². The zero-order valence-electron chi connectivity index (χ0n) is 16.2. The highest BCUT2D eigenvalue weighted by Gasteiger charge is 2.23. The molecule has 0 aliphatic heterocycles. The second-order valence-corrected chi connectivity index (χ2v) is 6.91. The Balaban J connectivity index is 0.000000855. The minimum Gasteiger partial charge on any atom is -0.594 e. The van der Waals surface area contributed by atoms with Gasteiger partial charge in [-0.1, -0.05) is 81.1 Å². The summed E-state index contributed by atoms with van der Waals surface area (Å²) in [7, 11) is -3.78. The Hall–Kier alpha value is -2.73. The van der Waals surface area contributed by atoms with Crippen LogP contribution >= 0.6 is 0 Å². The Kier molecular flexibility index (Phi) is 9.16. The van der Waals surface area contributed by atoms with Gasteiger partial charge >= 0.3 is 0 Å². The van der Waals surface area contributed by atoms with Crippen molar-refractivity contribution in [3.05, 3.63) is 89.3 Å². The highest BCUT2D eigenvalue weighted by atomic mass is 32.2. The zero-order chi connectivity index (χ0) is 20.3. The second-order valence-electron chi connectivity index (χ2n) is 5.01. The molecule has 0 atom stereocenters. The predicted octanol–water partition coefficient (Wildman–Crippen LogP) is 4.19. The van der Waals surface area contributed by atoms with Gasteiger partial charge in [0, 0.05) is 11.2 Å². The van der Waals surface area contributed by atoms with Crippen LogP contribution in [0.5, 0.6) is 0 Å². The number of hydrogen-bond acceptors (Lipinski definition) is 4. The second kappa shape index (κ2) is 11.1. The molecule has 1 heterocycles. The van der Waals surface area contributed by atoms with Crippen LogP contribution in [0.3, 0.4) is 0 Å². The maximum atomic E-state index is 12.4. The first kappa shape index (κ1) is 22.3. The molecule has 3 aromatic rings. The van der Waals surface area contributed by atoms with Gasteiger partial charge in [0.1, 0.15) is 0 Å². The molecule has 0 spiro atoms. The number of rotatable bonds is 4. The molecule has 0 fully saturated rings. The molecule has 0 saturated heterocycles. The Morgan fingerprint density at radius 3 is 1.85 bits per heavy atom. The third-order valence-electron chi connectivity index (χ3n) is 3.41. The first-order valence-electron chi connectivity index (χ1n) is 9.01. The van der Waals surface area contributed by atoms with Crippen LogP contribution in [0.25, 0.3) is 0 Å². The highest BCUT2D eigenvalue weighted by Crippen LogP contribution is 2.18. The fraction of sp³-hybridized carbons (Fsp3) is 0.238. The average Bonchev–Trinajstić information content (AvgIpc) is 2.74. The van der Waals surface area contributed by atoms with Gasteiger partial charge < -0.3 is 5.21 Å². The summed E-state index contributed by atoms with van der Waals surface area (Å²) in [5.74, 6) is 0. The molecule has 6 heteroatoms. The van der Waals surface area contributed by atoms with Crippen LogP contribution in [0.4, 0.5) is 0 Å². The standard InChI is InChI=1S/C17H14N2O3S.2C2H6/c20-19-15(13-14-7-3-1-4-8-14)11-12-17(18-19)23(21,22)16-9-5-2-6-10-16;2*1-2/h1-12H,13H2;2*1-2H3. The van der Waals surface area contributed by atoms with Gasteiger partial charge in [0.2, 0.25) is 20.6 Å². The molecule has 0 unspecified atom stereocenters. The molecule has 5 nitrogen and oxygen atoms in total.